The molecule has 4 aromatic rings. The van der Waals surface area contributed by atoms with E-state index in [9.17, 15) is 10.0 Å². The molecule has 4 heteroatoms. The van der Waals surface area contributed by atoms with Crippen LogP contribution in [-0.4, -0.2) is 21.7 Å². The van der Waals surface area contributed by atoms with E-state index < -0.39 is 7.12 Å². The average Bonchev–Trinajstić information content (AvgIpc) is 2.99. The maximum atomic E-state index is 9.73. The minimum absolute atomic E-state index is 0.527. The van der Waals surface area contributed by atoms with Crippen molar-refractivity contribution in [1.82, 2.24) is 4.57 Å². The van der Waals surface area contributed by atoms with Crippen molar-refractivity contribution in [3.05, 3.63) is 72.9 Å². The fourth-order valence-electron chi connectivity index (χ4n) is 3.04. The second-order valence-electron chi connectivity index (χ2n) is 5.34. The Morgan fingerprint density at radius 1 is 0.727 bits per heavy atom. The Labute approximate surface area is 128 Å². The van der Waals surface area contributed by atoms with Crippen LogP contribution in [0, 0.1) is 0 Å². The Kier molecular flexibility index (Phi) is 3.00. The average molecular weight is 287 g/mol. The maximum Gasteiger partial charge on any atom is 0.489 e. The van der Waals surface area contributed by atoms with Crippen LogP contribution in [-0.2, 0) is 0 Å². The van der Waals surface area contributed by atoms with Crippen LogP contribution in [0.2, 0.25) is 0 Å². The lowest BCUT2D eigenvalue weighted by molar-refractivity contribution is 0.426. The zero-order valence-electron chi connectivity index (χ0n) is 11.8. The van der Waals surface area contributed by atoms with Crippen molar-refractivity contribution in [3.63, 3.8) is 0 Å². The number of hydrogen-bond donors (Lipinski definition) is 2. The van der Waals surface area contributed by atoms with Crippen LogP contribution in [0.3, 0.4) is 0 Å². The zero-order chi connectivity index (χ0) is 15.1. The van der Waals surface area contributed by atoms with Gasteiger partial charge in [0.05, 0.1) is 5.52 Å². The highest BCUT2D eigenvalue weighted by Gasteiger charge is 2.18. The molecule has 1 heterocycles. The van der Waals surface area contributed by atoms with Crippen LogP contribution in [0.15, 0.2) is 72.9 Å². The molecule has 0 unspecified atom stereocenters. The van der Waals surface area contributed by atoms with Gasteiger partial charge in [0.25, 0.3) is 0 Å². The van der Waals surface area contributed by atoms with Crippen LogP contribution in [0.5, 0.6) is 0 Å². The van der Waals surface area contributed by atoms with E-state index in [0.717, 1.165) is 27.4 Å². The number of fused-ring (bicyclic) bond motifs is 3. The summed E-state index contributed by atoms with van der Waals surface area (Å²) in [4.78, 5) is 0. The minimum atomic E-state index is -1.49. The number of benzene rings is 3. The van der Waals surface area contributed by atoms with Gasteiger partial charge in [-0.05, 0) is 40.5 Å². The summed E-state index contributed by atoms with van der Waals surface area (Å²) in [5.41, 5.74) is 2.54. The molecule has 1 aromatic heterocycles. The lowest BCUT2D eigenvalue weighted by Crippen LogP contribution is -2.30. The number of nitrogens with zero attached hydrogens (tertiary/aromatic N) is 1. The van der Waals surface area contributed by atoms with Gasteiger partial charge in [-0.15, -0.1) is 0 Å². The van der Waals surface area contributed by atoms with Gasteiger partial charge in [-0.2, -0.15) is 0 Å². The molecule has 0 radical (unpaired) electrons. The highest BCUT2D eigenvalue weighted by atomic mass is 16.4. The van der Waals surface area contributed by atoms with Crippen molar-refractivity contribution in [2.75, 3.05) is 0 Å². The second kappa shape index (κ2) is 5.02. The molecule has 0 saturated carbocycles. The Morgan fingerprint density at radius 3 is 2.14 bits per heavy atom. The van der Waals surface area contributed by atoms with Gasteiger partial charge in [0, 0.05) is 17.3 Å². The van der Waals surface area contributed by atoms with E-state index in [1.54, 1.807) is 0 Å². The molecule has 0 spiro atoms. The van der Waals surface area contributed by atoms with E-state index in [2.05, 4.69) is 10.6 Å². The first-order chi connectivity index (χ1) is 10.8. The molecular formula is C18H14BNO2. The van der Waals surface area contributed by atoms with Gasteiger partial charge in [-0.25, -0.2) is 0 Å². The van der Waals surface area contributed by atoms with Gasteiger partial charge in [-0.3, -0.25) is 0 Å². The summed E-state index contributed by atoms with van der Waals surface area (Å²) in [6.07, 6.45) is 2.01. The maximum absolute atomic E-state index is 9.73. The van der Waals surface area contributed by atoms with Gasteiger partial charge >= 0.3 is 7.12 Å². The fourth-order valence-corrected chi connectivity index (χ4v) is 3.04. The summed E-state index contributed by atoms with van der Waals surface area (Å²) in [6, 6.07) is 21.8. The molecule has 22 heavy (non-hydrogen) atoms. The molecule has 2 N–H and O–H groups in total. The molecule has 4 rings (SSSR count). The molecule has 0 fully saturated rings. The lowest BCUT2D eigenvalue weighted by atomic mass is 9.76. The van der Waals surface area contributed by atoms with Crippen molar-refractivity contribution in [3.8, 4) is 5.69 Å². The van der Waals surface area contributed by atoms with Gasteiger partial charge in [0.2, 0.25) is 0 Å². The molecule has 0 bridgehead atoms. The zero-order valence-corrected chi connectivity index (χ0v) is 11.8. The van der Waals surface area contributed by atoms with Gasteiger partial charge in [-0.1, -0.05) is 42.5 Å². The predicted molar refractivity (Wildman–Crippen MR) is 90.6 cm³/mol. The summed E-state index contributed by atoms with van der Waals surface area (Å²) in [5, 5.41) is 22.5. The van der Waals surface area contributed by atoms with Crippen molar-refractivity contribution in [2.45, 2.75) is 0 Å². The lowest BCUT2D eigenvalue weighted by Gasteiger charge is -2.10. The molecule has 0 amide bonds. The van der Waals surface area contributed by atoms with E-state index in [1.165, 1.54) is 0 Å². The first-order valence-corrected chi connectivity index (χ1v) is 7.20. The predicted octanol–water partition coefficient (Wildman–Crippen LogP) is 2.46. The molecule has 0 aliphatic rings. The molecule has 3 nitrogen and oxygen atoms in total. The summed E-state index contributed by atoms with van der Waals surface area (Å²) >= 11 is 0. The first kappa shape index (κ1) is 13.1. The van der Waals surface area contributed by atoms with Crippen molar-refractivity contribution in [2.24, 2.45) is 0 Å². The molecule has 0 saturated heterocycles. The molecule has 0 atom stereocenters. The van der Waals surface area contributed by atoms with Gasteiger partial charge in [0.15, 0.2) is 0 Å². The minimum Gasteiger partial charge on any atom is -0.423 e. The summed E-state index contributed by atoms with van der Waals surface area (Å²) in [6.45, 7) is 0. The SMILES string of the molecule is OB(O)c1cc2c(ccn2-c2ccccc2)c2ccccc12. The van der Waals surface area contributed by atoms with Gasteiger partial charge < -0.3 is 14.6 Å². The Hall–Kier alpha value is -2.56. The van der Waals surface area contributed by atoms with Crippen LogP contribution in [0.4, 0.5) is 0 Å². The smallest absolute Gasteiger partial charge is 0.423 e. The first-order valence-electron chi connectivity index (χ1n) is 7.20. The Balaban J connectivity index is 2.12. The van der Waals surface area contributed by atoms with Crippen molar-refractivity contribution in [1.29, 1.82) is 0 Å². The third-order valence-electron chi connectivity index (χ3n) is 4.06. The number of rotatable bonds is 2. The van der Waals surface area contributed by atoms with Crippen molar-refractivity contribution >= 4 is 34.3 Å². The van der Waals surface area contributed by atoms with E-state index in [1.807, 2.05) is 66.9 Å². The largest absolute Gasteiger partial charge is 0.489 e. The fraction of sp³-hybridized carbons (Fsp3) is 0. The van der Waals surface area contributed by atoms with Crippen molar-refractivity contribution < 1.29 is 10.0 Å². The number of aromatic nitrogens is 1. The molecule has 0 aliphatic carbocycles. The third-order valence-corrected chi connectivity index (χ3v) is 4.06. The topological polar surface area (TPSA) is 45.4 Å². The van der Waals surface area contributed by atoms with Crippen LogP contribution in [0.25, 0.3) is 27.4 Å². The van der Waals surface area contributed by atoms with Crippen LogP contribution < -0.4 is 5.46 Å². The molecule has 0 aliphatic heterocycles. The summed E-state index contributed by atoms with van der Waals surface area (Å²) < 4.78 is 2.06. The van der Waals surface area contributed by atoms with E-state index >= 15 is 0 Å². The monoisotopic (exact) mass is 287 g/mol. The third kappa shape index (κ3) is 1.93. The standard InChI is InChI=1S/C18H14BNO2/c21-19(22)17-12-18-16(14-8-4-5-9-15(14)17)10-11-20(18)13-6-2-1-3-7-13/h1-12,21-22H. The Bertz CT molecular complexity index is 961. The quantitative estimate of drug-likeness (QED) is 0.556. The second-order valence-corrected chi connectivity index (χ2v) is 5.34. The van der Waals surface area contributed by atoms with E-state index in [4.69, 9.17) is 0 Å². The summed E-state index contributed by atoms with van der Waals surface area (Å²) in [5.74, 6) is 0. The molecule has 106 valence electrons. The van der Waals surface area contributed by atoms with Crippen LogP contribution in [0.1, 0.15) is 0 Å². The van der Waals surface area contributed by atoms with E-state index in [0.29, 0.717) is 5.46 Å². The number of hydrogen-bond acceptors (Lipinski definition) is 2. The number of para-hydroxylation sites is 1. The van der Waals surface area contributed by atoms with E-state index in [-0.39, 0.29) is 0 Å². The van der Waals surface area contributed by atoms with Gasteiger partial charge in [0.1, 0.15) is 0 Å². The van der Waals surface area contributed by atoms with Crippen LogP contribution >= 0.6 is 0 Å². The molecular weight excluding hydrogens is 273 g/mol. The molecule has 3 aromatic carbocycles. The summed E-state index contributed by atoms with van der Waals surface area (Å²) in [7, 11) is -1.49. The Morgan fingerprint density at radius 2 is 1.41 bits per heavy atom. The highest BCUT2D eigenvalue weighted by Crippen LogP contribution is 2.27. The highest BCUT2D eigenvalue weighted by molar-refractivity contribution is 6.62. The normalized spacial score (nSPS) is 11.2.